The SMILES string of the molecule is CO[C@H]1/C=C/O[C@@]2(C)Oc3c(C)c(=O)c4c(O)c(c5oc6cc(OC7CCNCC7)ccc6nc5c4c3C2=O)NC(=O)/C(C)=C\C=C\[C@H](C)[C@@H]2O[C@H]([C@H](O)[C@@H]2C)[C@H](OC(C)=O)[C@@H]1C. The van der Waals surface area contributed by atoms with Gasteiger partial charge in [-0.25, -0.2) is 4.98 Å². The third kappa shape index (κ3) is 7.83. The molecule has 5 aliphatic heterocycles. The van der Waals surface area contributed by atoms with Crippen molar-refractivity contribution in [2.24, 2.45) is 17.8 Å². The lowest BCUT2D eigenvalue weighted by Gasteiger charge is -2.33. The van der Waals surface area contributed by atoms with Crippen molar-refractivity contribution in [3.05, 3.63) is 75.7 Å². The molecule has 1 aromatic heterocycles. The monoisotopic (exact) mass is 867 g/mol. The largest absolute Gasteiger partial charge is 0.505 e. The highest BCUT2D eigenvalue weighted by molar-refractivity contribution is 6.26. The number of aliphatic hydroxyl groups is 1. The number of nitrogens with zero attached hydrogens (tertiary/aromatic N) is 1. The highest BCUT2D eigenvalue weighted by atomic mass is 16.7. The van der Waals surface area contributed by atoms with Gasteiger partial charge in [0.05, 0.1) is 35.5 Å². The lowest BCUT2D eigenvalue weighted by molar-refractivity contribution is -0.168. The Hall–Kier alpha value is -5.81. The molecule has 63 heavy (non-hydrogen) atoms. The van der Waals surface area contributed by atoms with Gasteiger partial charge in [0.1, 0.15) is 46.5 Å². The number of nitrogens with one attached hydrogen (secondary N) is 2. The van der Waals surface area contributed by atoms with Crippen molar-refractivity contribution in [2.45, 2.75) is 104 Å². The van der Waals surface area contributed by atoms with E-state index in [1.54, 1.807) is 44.2 Å². The van der Waals surface area contributed by atoms with Crippen LogP contribution in [0.25, 0.3) is 33.0 Å². The van der Waals surface area contributed by atoms with E-state index in [1.165, 1.54) is 40.2 Å². The van der Waals surface area contributed by atoms with Gasteiger partial charge in [-0.15, -0.1) is 0 Å². The number of Topliss-reactive ketones (excluding diaryl/α,β-unsaturated/α-hetero) is 1. The molecule has 0 saturated carbocycles. The molecular formula is C47H53N3O13. The molecule has 2 saturated heterocycles. The Morgan fingerprint density at radius 1 is 1.02 bits per heavy atom. The number of methoxy groups -OCH3 is 1. The Labute approximate surface area is 363 Å². The van der Waals surface area contributed by atoms with Gasteiger partial charge in [-0.2, -0.15) is 0 Å². The Morgan fingerprint density at radius 2 is 1.76 bits per heavy atom. The quantitative estimate of drug-likeness (QED) is 0.0814. The van der Waals surface area contributed by atoms with Crippen LogP contribution in [0.1, 0.15) is 70.3 Å². The average Bonchev–Trinajstić information content (AvgIpc) is 3.70. The van der Waals surface area contributed by atoms with E-state index in [4.69, 9.17) is 37.8 Å². The molecule has 0 spiro atoms. The van der Waals surface area contributed by atoms with E-state index >= 15 is 0 Å². The van der Waals surface area contributed by atoms with Crippen molar-refractivity contribution in [1.29, 1.82) is 0 Å². The zero-order chi connectivity index (χ0) is 45.1. The van der Waals surface area contributed by atoms with Gasteiger partial charge >= 0.3 is 11.8 Å². The average molecular weight is 868 g/mol. The molecule has 0 radical (unpaired) electrons. The summed E-state index contributed by atoms with van der Waals surface area (Å²) >= 11 is 0. The molecule has 5 aliphatic rings. The summed E-state index contributed by atoms with van der Waals surface area (Å²) in [7, 11) is 1.46. The van der Waals surface area contributed by atoms with Crippen molar-refractivity contribution in [1.82, 2.24) is 10.3 Å². The maximum Gasteiger partial charge on any atom is 0.312 e. The van der Waals surface area contributed by atoms with E-state index in [0.717, 1.165) is 25.9 Å². The molecule has 7 bridgehead atoms. The van der Waals surface area contributed by atoms with Crippen LogP contribution >= 0.6 is 0 Å². The number of anilines is 1. The lowest BCUT2D eigenvalue weighted by atomic mass is 9.86. The number of aromatic nitrogens is 1. The Bertz CT molecular complexity index is 2660. The predicted molar refractivity (Wildman–Crippen MR) is 232 cm³/mol. The predicted octanol–water partition coefficient (Wildman–Crippen LogP) is 5.90. The molecule has 9 rings (SSSR count). The third-order valence-electron chi connectivity index (χ3n) is 12.8. The Morgan fingerprint density at radius 3 is 2.48 bits per heavy atom. The van der Waals surface area contributed by atoms with Crippen molar-refractivity contribution >= 4 is 56.3 Å². The summed E-state index contributed by atoms with van der Waals surface area (Å²) in [5.74, 6) is -5.39. The van der Waals surface area contributed by atoms with Crippen LogP contribution in [0.15, 0.2) is 63.6 Å². The second kappa shape index (κ2) is 17.1. The number of carbonyl (C=O) groups is 3. The van der Waals surface area contributed by atoms with Crippen molar-refractivity contribution in [3.8, 4) is 17.2 Å². The summed E-state index contributed by atoms with van der Waals surface area (Å²) in [4.78, 5) is 60.4. The molecule has 4 N–H and O–H groups in total. The Kier molecular flexibility index (Phi) is 11.9. The minimum atomic E-state index is -2.03. The zero-order valence-electron chi connectivity index (χ0n) is 36.5. The summed E-state index contributed by atoms with van der Waals surface area (Å²) in [6, 6.07) is 5.13. The second-order valence-electron chi connectivity index (χ2n) is 17.1. The third-order valence-corrected chi connectivity index (χ3v) is 12.8. The summed E-state index contributed by atoms with van der Waals surface area (Å²) in [5, 5.41) is 29.4. The number of allylic oxidation sites excluding steroid dienone is 2. The first kappa shape index (κ1) is 43.8. The first-order valence-corrected chi connectivity index (χ1v) is 21.3. The number of hydrogen-bond donors (Lipinski definition) is 4. The summed E-state index contributed by atoms with van der Waals surface area (Å²) in [6.07, 6.45) is 5.28. The van der Waals surface area contributed by atoms with Gasteiger partial charge in [-0.1, -0.05) is 39.0 Å². The molecule has 334 valence electrons. The van der Waals surface area contributed by atoms with E-state index in [2.05, 4.69) is 10.6 Å². The van der Waals surface area contributed by atoms with Crippen LogP contribution in [0.2, 0.25) is 0 Å². The molecule has 16 heteroatoms. The fourth-order valence-electron chi connectivity index (χ4n) is 9.14. The topological polar surface area (TPSA) is 214 Å². The zero-order valence-corrected chi connectivity index (χ0v) is 36.5. The van der Waals surface area contributed by atoms with Crippen LogP contribution in [0.5, 0.6) is 17.2 Å². The van der Waals surface area contributed by atoms with E-state index < -0.39 is 71.1 Å². The summed E-state index contributed by atoms with van der Waals surface area (Å²) in [5.41, 5.74) is -0.258. The number of phenolic OH excluding ortho intramolecular Hbond substituents is 1. The standard InChI is InChI=1S/C47H53N3O13/c1-21-10-9-11-22(2)46(56)50-36-39(54)33-32(35-43(36)61-31-20-28(12-13-29(31)49-35)60-27-14-17-48-18-15-27)34-41(24(4)37(33)52)63-47(7,45(34)55)58-19-16-30(57-8)23(3)42(59-26(6)51)44-38(53)25(5)40(21)62-44/h9-13,16,19-21,23,25,27,30,38,40,42,44,48,53-54H,14-15,17-18H2,1-8H3,(H,50,56)/b10-9+,19-16+,22-11-/t21-,23+,25-,30-,38+,40-,42+,44+,47-/m0/s1. The minimum absolute atomic E-state index is 0.00608. The van der Waals surface area contributed by atoms with Crippen molar-refractivity contribution in [2.75, 3.05) is 25.5 Å². The van der Waals surface area contributed by atoms with Gasteiger partial charge < -0.3 is 53.7 Å². The molecule has 1 amide bonds. The normalized spacial score (nSPS) is 31.2. The minimum Gasteiger partial charge on any atom is -0.505 e. The maximum atomic E-state index is 14.7. The van der Waals surface area contributed by atoms with Crippen LogP contribution in [0.3, 0.4) is 0 Å². The molecule has 0 unspecified atom stereocenters. The number of fused-ring (bicyclic) bond motifs is 9. The molecule has 9 atom stereocenters. The molecule has 2 fully saturated rings. The first-order chi connectivity index (χ1) is 30.0. The van der Waals surface area contributed by atoms with Gasteiger partial charge in [-0.3, -0.25) is 19.2 Å². The van der Waals surface area contributed by atoms with E-state index in [-0.39, 0.29) is 73.5 Å². The van der Waals surface area contributed by atoms with Crippen molar-refractivity contribution in [3.63, 3.8) is 0 Å². The number of aromatic hydroxyl groups is 1. The number of rotatable bonds is 4. The number of hydrogen-bond acceptors (Lipinski definition) is 15. The molecule has 6 heterocycles. The van der Waals surface area contributed by atoms with Crippen molar-refractivity contribution < 1.29 is 57.4 Å². The molecule has 16 nitrogen and oxygen atoms in total. The van der Waals surface area contributed by atoms with Crippen LogP contribution in [-0.2, 0) is 28.5 Å². The number of carbonyl (C=O) groups excluding carboxylic acids is 3. The van der Waals surface area contributed by atoms with Crippen LogP contribution < -0.4 is 25.5 Å². The van der Waals surface area contributed by atoms with Crippen LogP contribution in [0.4, 0.5) is 5.69 Å². The number of ketones is 1. The molecule has 4 aromatic rings. The number of amides is 1. The fourth-order valence-corrected chi connectivity index (χ4v) is 9.14. The van der Waals surface area contributed by atoms with E-state index in [9.17, 15) is 29.4 Å². The molecule has 0 aliphatic carbocycles. The lowest BCUT2D eigenvalue weighted by Crippen LogP contribution is -2.46. The van der Waals surface area contributed by atoms with Crippen LogP contribution in [0, 0.1) is 24.7 Å². The maximum absolute atomic E-state index is 14.7. The number of ether oxygens (including phenoxy) is 6. The molecular weight excluding hydrogens is 815 g/mol. The first-order valence-electron chi connectivity index (χ1n) is 21.3. The number of phenols is 1. The number of esters is 1. The fraction of sp³-hybridized carbons (Fsp3) is 0.468. The highest BCUT2D eigenvalue weighted by Crippen LogP contribution is 2.48. The van der Waals surface area contributed by atoms with E-state index in [1.807, 2.05) is 19.9 Å². The van der Waals surface area contributed by atoms with Gasteiger partial charge in [0.25, 0.3) is 11.7 Å². The summed E-state index contributed by atoms with van der Waals surface area (Å²) in [6.45, 7) is 12.9. The number of aliphatic hydroxyl groups excluding tert-OH is 1. The number of piperidine rings is 1. The van der Waals surface area contributed by atoms with Gasteiger partial charge in [-0.05, 0) is 58.0 Å². The van der Waals surface area contributed by atoms with E-state index in [0.29, 0.717) is 11.3 Å². The smallest absolute Gasteiger partial charge is 0.312 e. The summed E-state index contributed by atoms with van der Waals surface area (Å²) < 4.78 is 43.2. The van der Waals surface area contributed by atoms with Gasteiger partial charge in [0.2, 0.25) is 0 Å². The second-order valence-corrected chi connectivity index (χ2v) is 17.1. The highest BCUT2D eigenvalue weighted by Gasteiger charge is 2.51. The molecule has 3 aromatic carbocycles. The van der Waals surface area contributed by atoms with Gasteiger partial charge in [0, 0.05) is 61.3 Å². The Balaban J connectivity index is 1.31. The van der Waals surface area contributed by atoms with Crippen LogP contribution in [-0.4, -0.2) is 95.5 Å². The number of benzene rings is 3. The van der Waals surface area contributed by atoms with Gasteiger partial charge in [0.15, 0.2) is 22.3 Å².